The number of halogens is 3. The van der Waals surface area contributed by atoms with Crippen LogP contribution in [0.25, 0.3) is 0 Å². The number of hydrogen-bond donors (Lipinski definition) is 1. The molecule has 1 N–H and O–H groups in total. The topological polar surface area (TPSA) is 64.3 Å². The van der Waals surface area contributed by atoms with Crippen LogP contribution in [0.1, 0.15) is 30.9 Å². The minimum Gasteiger partial charge on any atom is -0.462 e. The van der Waals surface area contributed by atoms with E-state index in [1.165, 1.54) is 0 Å². The fraction of sp³-hybridized carbons (Fsp3) is 0.304. The number of carbonyl (C=O) groups excluding carboxylic acids is 1. The predicted molar refractivity (Wildman–Crippen MR) is 123 cm³/mol. The van der Waals surface area contributed by atoms with E-state index in [1.807, 2.05) is 26.0 Å². The summed E-state index contributed by atoms with van der Waals surface area (Å²) in [6.07, 6.45) is 4.88. The molecule has 3 aromatic rings. The zero-order chi connectivity index (χ0) is 22.6. The Morgan fingerprint density at radius 2 is 1.81 bits per heavy atom. The summed E-state index contributed by atoms with van der Waals surface area (Å²) in [4.78, 5) is 17.1. The van der Waals surface area contributed by atoms with E-state index in [9.17, 15) is 9.90 Å². The summed E-state index contributed by atoms with van der Waals surface area (Å²) >= 11 is 18.4. The van der Waals surface area contributed by atoms with E-state index in [0.717, 1.165) is 5.56 Å². The highest BCUT2D eigenvalue weighted by atomic mass is 35.5. The van der Waals surface area contributed by atoms with Crippen LogP contribution < -0.4 is 0 Å². The number of esters is 1. The van der Waals surface area contributed by atoms with Crippen LogP contribution in [0.15, 0.2) is 61.2 Å². The molecule has 0 bridgehead atoms. The van der Waals surface area contributed by atoms with E-state index >= 15 is 0 Å². The van der Waals surface area contributed by atoms with Gasteiger partial charge in [0.1, 0.15) is 12.2 Å². The molecular weight excluding hydrogens is 459 g/mol. The number of benzene rings is 2. The number of imidazole rings is 1. The zero-order valence-corrected chi connectivity index (χ0v) is 19.4. The number of nitrogens with zero attached hydrogens (tertiary/aromatic N) is 2. The smallest absolute Gasteiger partial charge is 0.313 e. The van der Waals surface area contributed by atoms with Gasteiger partial charge in [0.25, 0.3) is 0 Å². The van der Waals surface area contributed by atoms with Gasteiger partial charge in [0.05, 0.1) is 18.8 Å². The van der Waals surface area contributed by atoms with Crippen LogP contribution in [-0.4, -0.2) is 27.2 Å². The summed E-state index contributed by atoms with van der Waals surface area (Å²) < 4.78 is 7.35. The van der Waals surface area contributed by atoms with Crippen molar-refractivity contribution >= 4 is 40.8 Å². The molecule has 2 atom stereocenters. The SMILES string of the molecule is CC(C)[C@H](C(=O)OC[C@@](O)(Cn1ccnc1)c1ccc(Cl)cc1Cl)c1ccc(Cl)cc1. The highest BCUT2D eigenvalue weighted by Gasteiger charge is 2.36. The number of hydrogen-bond acceptors (Lipinski definition) is 4. The van der Waals surface area contributed by atoms with Crippen molar-refractivity contribution in [2.45, 2.75) is 31.9 Å². The molecule has 0 radical (unpaired) electrons. The van der Waals surface area contributed by atoms with Crippen LogP contribution in [0.2, 0.25) is 15.1 Å². The largest absolute Gasteiger partial charge is 0.462 e. The molecule has 0 amide bonds. The van der Waals surface area contributed by atoms with E-state index in [1.54, 1.807) is 53.6 Å². The molecule has 0 unspecified atom stereocenters. The molecule has 0 aliphatic rings. The molecule has 1 aromatic heterocycles. The molecule has 1 heterocycles. The van der Waals surface area contributed by atoms with Gasteiger partial charge in [-0.05, 0) is 35.7 Å². The van der Waals surface area contributed by atoms with Crippen LogP contribution in [0.3, 0.4) is 0 Å². The average Bonchev–Trinajstić information content (AvgIpc) is 3.20. The first-order valence-electron chi connectivity index (χ1n) is 9.75. The molecule has 0 aliphatic carbocycles. The highest BCUT2D eigenvalue weighted by molar-refractivity contribution is 6.35. The first-order valence-corrected chi connectivity index (χ1v) is 10.9. The second-order valence-corrected chi connectivity index (χ2v) is 9.05. The van der Waals surface area contributed by atoms with E-state index < -0.39 is 17.5 Å². The van der Waals surface area contributed by atoms with Crippen molar-refractivity contribution in [1.82, 2.24) is 9.55 Å². The second-order valence-electron chi connectivity index (χ2n) is 7.77. The summed E-state index contributed by atoms with van der Waals surface area (Å²) in [6, 6.07) is 11.9. The van der Waals surface area contributed by atoms with Crippen molar-refractivity contribution in [3.63, 3.8) is 0 Å². The van der Waals surface area contributed by atoms with Crippen molar-refractivity contribution in [2.75, 3.05) is 6.61 Å². The number of aromatic nitrogens is 2. The van der Waals surface area contributed by atoms with Crippen molar-refractivity contribution in [1.29, 1.82) is 0 Å². The number of carbonyl (C=O) groups is 1. The highest BCUT2D eigenvalue weighted by Crippen LogP contribution is 2.34. The zero-order valence-electron chi connectivity index (χ0n) is 17.1. The lowest BCUT2D eigenvalue weighted by molar-refractivity contribution is -0.156. The van der Waals surface area contributed by atoms with Gasteiger partial charge in [0, 0.05) is 33.0 Å². The number of aliphatic hydroxyl groups is 1. The molecule has 31 heavy (non-hydrogen) atoms. The van der Waals surface area contributed by atoms with Crippen LogP contribution in [-0.2, 0) is 21.7 Å². The van der Waals surface area contributed by atoms with Gasteiger partial charge in [-0.15, -0.1) is 0 Å². The molecule has 164 valence electrons. The minimum atomic E-state index is -1.58. The van der Waals surface area contributed by atoms with Gasteiger partial charge < -0.3 is 14.4 Å². The summed E-state index contributed by atoms with van der Waals surface area (Å²) in [6.45, 7) is 3.68. The average molecular weight is 482 g/mol. The summed E-state index contributed by atoms with van der Waals surface area (Å²) in [5, 5.41) is 12.8. The molecule has 0 spiro atoms. The fourth-order valence-corrected chi connectivity index (χ4v) is 4.21. The van der Waals surface area contributed by atoms with E-state index in [2.05, 4.69) is 4.98 Å². The van der Waals surface area contributed by atoms with Crippen LogP contribution in [0.5, 0.6) is 0 Å². The van der Waals surface area contributed by atoms with Gasteiger partial charge in [0.15, 0.2) is 0 Å². The Morgan fingerprint density at radius 3 is 2.39 bits per heavy atom. The third kappa shape index (κ3) is 5.80. The molecule has 8 heteroatoms. The summed E-state index contributed by atoms with van der Waals surface area (Å²) in [7, 11) is 0. The molecule has 3 rings (SSSR count). The monoisotopic (exact) mass is 480 g/mol. The lowest BCUT2D eigenvalue weighted by Gasteiger charge is -2.30. The maximum atomic E-state index is 13.0. The lowest BCUT2D eigenvalue weighted by atomic mass is 9.88. The first-order chi connectivity index (χ1) is 14.7. The van der Waals surface area contributed by atoms with E-state index in [4.69, 9.17) is 39.5 Å². The maximum Gasteiger partial charge on any atom is 0.313 e. The maximum absolute atomic E-state index is 13.0. The third-order valence-electron chi connectivity index (χ3n) is 5.04. The van der Waals surface area contributed by atoms with Gasteiger partial charge in [0.2, 0.25) is 0 Å². The normalized spacial score (nSPS) is 14.3. The van der Waals surface area contributed by atoms with Crippen LogP contribution in [0, 0.1) is 5.92 Å². The third-order valence-corrected chi connectivity index (χ3v) is 5.84. The molecule has 0 saturated heterocycles. The van der Waals surface area contributed by atoms with E-state index in [-0.39, 0.29) is 24.1 Å². The number of rotatable bonds is 8. The molecule has 0 saturated carbocycles. The Hall–Kier alpha value is -2.05. The lowest BCUT2D eigenvalue weighted by Crippen LogP contribution is -2.38. The minimum absolute atomic E-state index is 0.0189. The molecular formula is C23H23Cl3N2O3. The fourth-order valence-electron chi connectivity index (χ4n) is 3.50. The van der Waals surface area contributed by atoms with Gasteiger partial charge in [-0.25, -0.2) is 4.98 Å². The van der Waals surface area contributed by atoms with Crippen molar-refractivity contribution in [3.05, 3.63) is 87.4 Å². The standard InChI is InChI=1S/C23H23Cl3N2O3/c1-15(2)21(16-3-5-17(24)6-4-16)22(29)31-13-23(30,12-28-10-9-27-14-28)19-8-7-18(25)11-20(19)26/h3-11,14-15,21,30H,12-13H2,1-2H3/t21-,23-/m0/s1. The van der Waals surface area contributed by atoms with Crippen LogP contribution >= 0.6 is 34.8 Å². The van der Waals surface area contributed by atoms with Gasteiger partial charge in [-0.2, -0.15) is 0 Å². The first kappa shape index (κ1) is 23.6. The predicted octanol–water partition coefficient (Wildman–Crippen LogP) is 5.71. The van der Waals surface area contributed by atoms with Crippen molar-refractivity contribution < 1.29 is 14.6 Å². The summed E-state index contributed by atoms with van der Waals surface area (Å²) in [5.74, 6) is -0.962. The quantitative estimate of drug-likeness (QED) is 0.418. The van der Waals surface area contributed by atoms with Crippen LogP contribution in [0.4, 0.5) is 0 Å². The second kappa shape index (κ2) is 10.0. The molecule has 2 aromatic carbocycles. The van der Waals surface area contributed by atoms with Crippen molar-refractivity contribution in [3.8, 4) is 0 Å². The van der Waals surface area contributed by atoms with E-state index in [0.29, 0.717) is 15.6 Å². The Balaban J connectivity index is 1.86. The Morgan fingerprint density at radius 1 is 1.13 bits per heavy atom. The van der Waals surface area contributed by atoms with Gasteiger partial charge >= 0.3 is 5.97 Å². The Bertz CT molecular complexity index is 1020. The molecule has 0 aliphatic heterocycles. The van der Waals surface area contributed by atoms with Gasteiger partial charge in [-0.3, -0.25) is 4.79 Å². The van der Waals surface area contributed by atoms with Gasteiger partial charge in [-0.1, -0.05) is 66.8 Å². The Labute approximate surface area is 196 Å². The molecule has 5 nitrogen and oxygen atoms in total. The molecule has 0 fully saturated rings. The summed E-state index contributed by atoms with van der Waals surface area (Å²) in [5.41, 5.74) is -0.376. The van der Waals surface area contributed by atoms with Crippen molar-refractivity contribution in [2.24, 2.45) is 5.92 Å². The Kier molecular flexibility index (Phi) is 7.65. The number of ether oxygens (including phenoxy) is 1.